The standard InChI is InChI=1S/C28H27FN4O5/c29-23-9-2-1-6-19(23)16-31-25(34)12-18-5-3-8-22(11-18)33-17-21(13-26(33)35)28(38)32-24(14-27(36)37)20-7-4-10-30-15-20/h1-11,15,21,24H,12-14,16-17H2,(H,31,34)(H,32,38)(H,36,37). The molecule has 2 unspecified atom stereocenters. The molecule has 3 N–H and O–H groups in total. The molecule has 1 saturated heterocycles. The van der Waals surface area contributed by atoms with Crippen molar-refractivity contribution in [3.63, 3.8) is 0 Å². The Kier molecular flexibility index (Phi) is 8.42. The van der Waals surface area contributed by atoms with E-state index in [1.807, 2.05) is 0 Å². The summed E-state index contributed by atoms with van der Waals surface area (Å²) in [6.07, 6.45) is 2.75. The van der Waals surface area contributed by atoms with Crippen LogP contribution in [0.25, 0.3) is 0 Å². The van der Waals surface area contributed by atoms with Crippen molar-refractivity contribution in [2.45, 2.75) is 31.8 Å². The van der Waals surface area contributed by atoms with Crippen LogP contribution in [0.4, 0.5) is 10.1 Å². The van der Waals surface area contributed by atoms with E-state index >= 15 is 0 Å². The predicted octanol–water partition coefficient (Wildman–Crippen LogP) is 2.76. The van der Waals surface area contributed by atoms with Gasteiger partial charge in [-0.05, 0) is 35.4 Å². The maximum atomic E-state index is 13.8. The number of halogens is 1. The van der Waals surface area contributed by atoms with Crippen LogP contribution in [0.1, 0.15) is 35.6 Å². The molecule has 0 aliphatic carbocycles. The zero-order valence-electron chi connectivity index (χ0n) is 20.5. The van der Waals surface area contributed by atoms with E-state index in [9.17, 15) is 28.7 Å². The SMILES string of the molecule is O=C(O)CC(NC(=O)C1CC(=O)N(c2cccc(CC(=O)NCc3ccccc3F)c2)C1)c1cccnc1. The van der Waals surface area contributed by atoms with Gasteiger partial charge in [-0.3, -0.25) is 24.2 Å². The summed E-state index contributed by atoms with van der Waals surface area (Å²) in [5.41, 5.74) is 2.16. The van der Waals surface area contributed by atoms with Gasteiger partial charge in [0, 0.05) is 43.2 Å². The largest absolute Gasteiger partial charge is 0.481 e. The number of carboxylic acid groups (broad SMARTS) is 1. The minimum absolute atomic E-state index is 0.0218. The van der Waals surface area contributed by atoms with Gasteiger partial charge in [0.2, 0.25) is 17.7 Å². The Bertz CT molecular complexity index is 1330. The van der Waals surface area contributed by atoms with Crippen LogP contribution >= 0.6 is 0 Å². The number of hydrogen-bond donors (Lipinski definition) is 3. The molecule has 2 heterocycles. The molecule has 1 aliphatic rings. The third kappa shape index (κ3) is 6.78. The highest BCUT2D eigenvalue weighted by molar-refractivity contribution is 6.00. The number of hydrogen-bond acceptors (Lipinski definition) is 5. The van der Waals surface area contributed by atoms with E-state index in [1.165, 1.54) is 17.2 Å². The van der Waals surface area contributed by atoms with Gasteiger partial charge in [-0.1, -0.05) is 36.4 Å². The topological polar surface area (TPSA) is 129 Å². The van der Waals surface area contributed by atoms with Crippen molar-refractivity contribution < 1.29 is 28.7 Å². The third-order valence-electron chi connectivity index (χ3n) is 6.30. The minimum atomic E-state index is -1.07. The fourth-order valence-electron chi connectivity index (χ4n) is 4.35. The van der Waals surface area contributed by atoms with Crippen LogP contribution in [0, 0.1) is 11.7 Å². The lowest BCUT2D eigenvalue weighted by atomic mass is 10.0. The van der Waals surface area contributed by atoms with Crippen molar-refractivity contribution in [1.82, 2.24) is 15.6 Å². The van der Waals surface area contributed by atoms with Gasteiger partial charge >= 0.3 is 5.97 Å². The third-order valence-corrected chi connectivity index (χ3v) is 6.30. The molecule has 3 amide bonds. The Morgan fingerprint density at radius 1 is 1.11 bits per heavy atom. The number of aliphatic carboxylic acids is 1. The van der Waals surface area contributed by atoms with E-state index in [2.05, 4.69) is 15.6 Å². The number of anilines is 1. The van der Waals surface area contributed by atoms with Crippen LogP contribution in [0.15, 0.2) is 73.1 Å². The number of rotatable bonds is 10. The molecule has 1 aliphatic heterocycles. The molecule has 0 bridgehead atoms. The Morgan fingerprint density at radius 3 is 2.66 bits per heavy atom. The number of pyridine rings is 1. The lowest BCUT2D eigenvalue weighted by molar-refractivity contribution is -0.138. The first-order valence-electron chi connectivity index (χ1n) is 12.1. The number of nitrogens with one attached hydrogen (secondary N) is 2. The monoisotopic (exact) mass is 518 g/mol. The minimum Gasteiger partial charge on any atom is -0.481 e. The normalized spacial score (nSPS) is 15.7. The van der Waals surface area contributed by atoms with Crippen molar-refractivity contribution in [1.29, 1.82) is 0 Å². The number of carbonyl (C=O) groups is 4. The summed E-state index contributed by atoms with van der Waals surface area (Å²) in [5.74, 6) is -3.09. The Hall–Kier alpha value is -4.60. The van der Waals surface area contributed by atoms with Crippen molar-refractivity contribution in [3.8, 4) is 0 Å². The highest BCUT2D eigenvalue weighted by atomic mass is 19.1. The zero-order valence-corrected chi connectivity index (χ0v) is 20.5. The maximum absolute atomic E-state index is 13.8. The number of aromatic nitrogens is 1. The summed E-state index contributed by atoms with van der Waals surface area (Å²) in [6, 6.07) is 15.7. The van der Waals surface area contributed by atoms with Crippen molar-refractivity contribution in [3.05, 3.63) is 95.6 Å². The van der Waals surface area contributed by atoms with Crippen molar-refractivity contribution in [2.24, 2.45) is 5.92 Å². The molecule has 9 nitrogen and oxygen atoms in total. The van der Waals surface area contributed by atoms with Gasteiger partial charge in [0.15, 0.2) is 0 Å². The Morgan fingerprint density at radius 2 is 1.92 bits per heavy atom. The number of carbonyl (C=O) groups excluding carboxylic acids is 3. The second-order valence-electron chi connectivity index (χ2n) is 9.07. The van der Waals surface area contributed by atoms with Gasteiger partial charge in [-0.2, -0.15) is 0 Å². The number of benzene rings is 2. The van der Waals surface area contributed by atoms with Crippen LogP contribution in [-0.4, -0.2) is 40.3 Å². The second kappa shape index (κ2) is 12.1. The van der Waals surface area contributed by atoms with E-state index in [4.69, 9.17) is 0 Å². The Labute approximate surface area is 218 Å². The lowest BCUT2D eigenvalue weighted by Gasteiger charge is -2.20. The molecule has 0 radical (unpaired) electrons. The molecular weight excluding hydrogens is 491 g/mol. The molecule has 3 aromatic rings. The van der Waals surface area contributed by atoms with Gasteiger partial charge in [0.05, 0.1) is 24.8 Å². The fourth-order valence-corrected chi connectivity index (χ4v) is 4.35. The molecule has 0 saturated carbocycles. The summed E-state index contributed by atoms with van der Waals surface area (Å²) < 4.78 is 13.8. The van der Waals surface area contributed by atoms with Crippen LogP contribution in [0.3, 0.4) is 0 Å². The smallest absolute Gasteiger partial charge is 0.305 e. The molecular formula is C28H27FN4O5. The summed E-state index contributed by atoms with van der Waals surface area (Å²) in [7, 11) is 0. The van der Waals surface area contributed by atoms with E-state index in [1.54, 1.807) is 60.8 Å². The maximum Gasteiger partial charge on any atom is 0.305 e. The summed E-state index contributed by atoms with van der Waals surface area (Å²) in [5, 5.41) is 14.7. The highest BCUT2D eigenvalue weighted by Crippen LogP contribution is 2.27. The average molecular weight is 519 g/mol. The first-order valence-corrected chi connectivity index (χ1v) is 12.1. The molecule has 2 atom stereocenters. The van der Waals surface area contributed by atoms with Gasteiger partial charge < -0.3 is 20.6 Å². The van der Waals surface area contributed by atoms with Crippen LogP contribution in [0.5, 0.6) is 0 Å². The summed E-state index contributed by atoms with van der Waals surface area (Å²) in [4.78, 5) is 55.0. The second-order valence-corrected chi connectivity index (χ2v) is 9.07. The average Bonchev–Trinajstić information content (AvgIpc) is 3.30. The molecule has 1 fully saturated rings. The highest BCUT2D eigenvalue weighted by Gasteiger charge is 2.36. The molecule has 10 heteroatoms. The molecule has 196 valence electrons. The zero-order chi connectivity index (χ0) is 27.1. The Balaban J connectivity index is 1.37. The van der Waals surface area contributed by atoms with Gasteiger partial charge in [-0.15, -0.1) is 0 Å². The summed E-state index contributed by atoms with van der Waals surface area (Å²) in [6.45, 7) is 0.189. The molecule has 1 aromatic heterocycles. The van der Waals surface area contributed by atoms with Crippen LogP contribution in [0.2, 0.25) is 0 Å². The van der Waals surface area contributed by atoms with Crippen LogP contribution < -0.4 is 15.5 Å². The van der Waals surface area contributed by atoms with E-state index in [0.29, 0.717) is 22.4 Å². The first kappa shape index (κ1) is 26.5. The van der Waals surface area contributed by atoms with Gasteiger partial charge in [-0.25, -0.2) is 4.39 Å². The van der Waals surface area contributed by atoms with E-state index < -0.39 is 29.7 Å². The lowest BCUT2D eigenvalue weighted by Crippen LogP contribution is -2.36. The van der Waals surface area contributed by atoms with E-state index in [-0.39, 0.29) is 44.2 Å². The molecule has 2 aromatic carbocycles. The first-order chi connectivity index (χ1) is 18.3. The van der Waals surface area contributed by atoms with Crippen molar-refractivity contribution in [2.75, 3.05) is 11.4 Å². The van der Waals surface area contributed by atoms with Crippen molar-refractivity contribution >= 4 is 29.4 Å². The van der Waals surface area contributed by atoms with Crippen LogP contribution in [-0.2, 0) is 32.1 Å². The number of amides is 3. The number of carboxylic acids is 1. The summed E-state index contributed by atoms with van der Waals surface area (Å²) >= 11 is 0. The molecule has 4 rings (SSSR count). The number of nitrogens with zero attached hydrogens (tertiary/aromatic N) is 2. The quantitative estimate of drug-likeness (QED) is 0.379. The fraction of sp³-hybridized carbons (Fsp3) is 0.250. The predicted molar refractivity (Wildman–Crippen MR) is 136 cm³/mol. The molecule has 0 spiro atoms. The van der Waals surface area contributed by atoms with Gasteiger partial charge in [0.1, 0.15) is 5.82 Å². The van der Waals surface area contributed by atoms with Gasteiger partial charge in [0.25, 0.3) is 0 Å². The van der Waals surface area contributed by atoms with E-state index in [0.717, 1.165) is 0 Å². The molecule has 38 heavy (non-hydrogen) atoms.